The fourth-order valence-electron chi connectivity index (χ4n) is 3.44. The van der Waals surface area contributed by atoms with E-state index < -0.39 is 6.10 Å². The number of hydrogen-bond donors (Lipinski definition) is 1. The number of benzene rings is 2. The highest BCUT2D eigenvalue weighted by molar-refractivity contribution is 6.30. The molecule has 7 nitrogen and oxygen atoms in total. The van der Waals surface area contributed by atoms with Crippen molar-refractivity contribution in [3.63, 3.8) is 0 Å². The highest BCUT2D eigenvalue weighted by Crippen LogP contribution is 2.31. The van der Waals surface area contributed by atoms with Crippen molar-refractivity contribution in [2.75, 3.05) is 44.6 Å². The first kappa shape index (κ1) is 19.5. The van der Waals surface area contributed by atoms with Crippen molar-refractivity contribution < 1.29 is 19.1 Å². The molecule has 2 aromatic carbocycles. The van der Waals surface area contributed by atoms with E-state index >= 15 is 0 Å². The number of para-hydroxylation sites is 2. The van der Waals surface area contributed by atoms with E-state index in [0.29, 0.717) is 48.4 Å². The molecule has 0 radical (unpaired) electrons. The molecule has 0 bridgehead atoms. The Balaban J connectivity index is 1.25. The molecule has 2 aliphatic heterocycles. The van der Waals surface area contributed by atoms with Crippen molar-refractivity contribution in [3.8, 4) is 11.5 Å². The van der Waals surface area contributed by atoms with Crippen LogP contribution in [0.25, 0.3) is 0 Å². The molecule has 2 aromatic rings. The van der Waals surface area contributed by atoms with Gasteiger partial charge in [-0.2, -0.15) is 0 Å². The number of fused-ring (bicyclic) bond motifs is 1. The number of nitrogens with zero attached hydrogens (tertiary/aromatic N) is 2. The zero-order chi connectivity index (χ0) is 20.2. The number of halogens is 1. The molecule has 0 aliphatic carbocycles. The van der Waals surface area contributed by atoms with E-state index in [2.05, 4.69) is 5.32 Å². The Morgan fingerprint density at radius 2 is 1.79 bits per heavy atom. The maximum atomic E-state index is 12.8. The van der Waals surface area contributed by atoms with Gasteiger partial charge >= 0.3 is 0 Å². The van der Waals surface area contributed by atoms with Crippen molar-refractivity contribution in [3.05, 3.63) is 53.6 Å². The number of nitrogens with one attached hydrogen (secondary N) is 1. The van der Waals surface area contributed by atoms with E-state index in [0.717, 1.165) is 0 Å². The first-order valence-electron chi connectivity index (χ1n) is 9.53. The normalized spacial score (nSPS) is 18.9. The summed E-state index contributed by atoms with van der Waals surface area (Å²) in [6.45, 7) is 2.82. The predicted octanol–water partition coefficient (Wildman–Crippen LogP) is 2.26. The van der Waals surface area contributed by atoms with Crippen molar-refractivity contribution >= 4 is 29.1 Å². The van der Waals surface area contributed by atoms with Gasteiger partial charge in [0.1, 0.15) is 6.61 Å². The van der Waals surface area contributed by atoms with Crippen LogP contribution in [0, 0.1) is 0 Å². The van der Waals surface area contributed by atoms with Crippen molar-refractivity contribution in [1.82, 2.24) is 9.80 Å². The maximum absolute atomic E-state index is 12.8. The number of hydrogen-bond acceptors (Lipinski definition) is 5. The molecule has 8 heteroatoms. The minimum absolute atomic E-state index is 0.0810. The van der Waals surface area contributed by atoms with Gasteiger partial charge in [0.05, 0.1) is 6.54 Å². The topological polar surface area (TPSA) is 71.1 Å². The van der Waals surface area contributed by atoms with Gasteiger partial charge in [-0.1, -0.05) is 29.8 Å². The Morgan fingerprint density at radius 1 is 1.03 bits per heavy atom. The van der Waals surface area contributed by atoms with Gasteiger partial charge in [0.2, 0.25) is 12.0 Å². The molecule has 2 heterocycles. The lowest BCUT2D eigenvalue weighted by Crippen LogP contribution is -2.54. The van der Waals surface area contributed by atoms with Crippen LogP contribution in [-0.2, 0) is 9.59 Å². The summed E-state index contributed by atoms with van der Waals surface area (Å²) in [4.78, 5) is 28.8. The molecule has 1 saturated heterocycles. The van der Waals surface area contributed by atoms with Gasteiger partial charge in [0.25, 0.3) is 5.91 Å². The first-order chi connectivity index (χ1) is 14.1. The molecule has 152 valence electrons. The van der Waals surface area contributed by atoms with E-state index in [1.807, 2.05) is 23.1 Å². The standard InChI is InChI=1S/C21H22ClN3O4/c22-15-4-3-5-16(12-15)23-20(26)13-24-8-10-25(11-9-24)21(27)19-14-28-17-6-1-2-7-18(17)29-19/h1-7,12,19H,8-11,13-14H2,(H,23,26). The van der Waals surface area contributed by atoms with E-state index in [4.69, 9.17) is 21.1 Å². The average Bonchev–Trinajstić information content (AvgIpc) is 2.73. The molecule has 29 heavy (non-hydrogen) atoms. The number of carbonyl (C=O) groups is 2. The second kappa shape index (κ2) is 8.71. The second-order valence-electron chi connectivity index (χ2n) is 7.02. The summed E-state index contributed by atoms with van der Waals surface area (Å²) in [6.07, 6.45) is -0.637. The van der Waals surface area contributed by atoms with Crippen LogP contribution in [-0.4, -0.2) is 67.0 Å². The molecule has 1 atom stereocenters. The Kier molecular flexibility index (Phi) is 5.87. The Morgan fingerprint density at radius 3 is 2.55 bits per heavy atom. The molecule has 1 N–H and O–H groups in total. The third-order valence-corrected chi connectivity index (χ3v) is 5.18. The third-order valence-electron chi connectivity index (χ3n) is 4.94. The summed E-state index contributed by atoms with van der Waals surface area (Å²) in [5.74, 6) is 1.07. The molecule has 2 aliphatic rings. The lowest BCUT2D eigenvalue weighted by Gasteiger charge is -2.36. The Labute approximate surface area is 174 Å². The Hall–Kier alpha value is -2.77. The van der Waals surface area contributed by atoms with E-state index in [1.54, 1.807) is 35.2 Å². The molecule has 1 fully saturated rings. The fraction of sp³-hybridized carbons (Fsp3) is 0.333. The van der Waals surface area contributed by atoms with E-state index in [-0.39, 0.29) is 25.0 Å². The highest BCUT2D eigenvalue weighted by atomic mass is 35.5. The number of ether oxygens (including phenoxy) is 2. The molecular formula is C21H22ClN3O4. The molecular weight excluding hydrogens is 394 g/mol. The van der Waals surface area contributed by atoms with Gasteiger partial charge < -0.3 is 19.7 Å². The molecule has 0 spiro atoms. The monoisotopic (exact) mass is 415 g/mol. The van der Waals surface area contributed by atoms with Gasteiger partial charge in [-0.3, -0.25) is 14.5 Å². The lowest BCUT2D eigenvalue weighted by molar-refractivity contribution is -0.143. The van der Waals surface area contributed by atoms with Crippen LogP contribution in [0.3, 0.4) is 0 Å². The maximum Gasteiger partial charge on any atom is 0.267 e. The zero-order valence-corrected chi connectivity index (χ0v) is 16.6. The number of rotatable bonds is 4. The van der Waals surface area contributed by atoms with Gasteiger partial charge in [-0.25, -0.2) is 0 Å². The summed E-state index contributed by atoms with van der Waals surface area (Å²) in [5, 5.41) is 3.42. The summed E-state index contributed by atoms with van der Waals surface area (Å²) in [6, 6.07) is 14.4. The average molecular weight is 416 g/mol. The molecule has 2 amide bonds. The van der Waals surface area contributed by atoms with Crippen molar-refractivity contribution in [2.24, 2.45) is 0 Å². The van der Waals surface area contributed by atoms with Gasteiger partial charge in [-0.05, 0) is 30.3 Å². The molecule has 0 aromatic heterocycles. The van der Waals surface area contributed by atoms with E-state index in [9.17, 15) is 9.59 Å². The highest BCUT2D eigenvalue weighted by Gasteiger charge is 2.32. The molecule has 4 rings (SSSR count). The summed E-state index contributed by atoms with van der Waals surface area (Å²) in [7, 11) is 0. The number of carbonyl (C=O) groups excluding carboxylic acids is 2. The number of amides is 2. The number of anilines is 1. The quantitative estimate of drug-likeness (QED) is 0.829. The zero-order valence-electron chi connectivity index (χ0n) is 15.8. The summed E-state index contributed by atoms with van der Waals surface area (Å²) in [5.41, 5.74) is 0.672. The van der Waals surface area contributed by atoms with Crippen LogP contribution in [0.15, 0.2) is 48.5 Å². The molecule has 1 unspecified atom stereocenters. The second-order valence-corrected chi connectivity index (χ2v) is 7.46. The Bertz CT molecular complexity index is 899. The minimum Gasteiger partial charge on any atom is -0.485 e. The number of piperazine rings is 1. The summed E-state index contributed by atoms with van der Waals surface area (Å²) < 4.78 is 11.5. The lowest BCUT2D eigenvalue weighted by atomic mass is 10.2. The van der Waals surface area contributed by atoms with Crippen LogP contribution in [0.2, 0.25) is 5.02 Å². The van der Waals surface area contributed by atoms with Crippen molar-refractivity contribution in [2.45, 2.75) is 6.10 Å². The van der Waals surface area contributed by atoms with Gasteiger partial charge in [0.15, 0.2) is 11.5 Å². The third kappa shape index (κ3) is 4.81. The molecule has 0 saturated carbocycles. The van der Waals surface area contributed by atoms with E-state index in [1.165, 1.54) is 0 Å². The van der Waals surface area contributed by atoms with Crippen LogP contribution in [0.1, 0.15) is 0 Å². The fourth-order valence-corrected chi connectivity index (χ4v) is 3.63. The smallest absolute Gasteiger partial charge is 0.267 e. The van der Waals surface area contributed by atoms with Crippen LogP contribution < -0.4 is 14.8 Å². The summed E-state index contributed by atoms with van der Waals surface area (Å²) >= 11 is 5.94. The first-order valence-corrected chi connectivity index (χ1v) is 9.91. The van der Waals surface area contributed by atoms with Crippen molar-refractivity contribution in [1.29, 1.82) is 0 Å². The minimum atomic E-state index is -0.637. The van der Waals surface area contributed by atoms with Crippen LogP contribution in [0.4, 0.5) is 5.69 Å². The SMILES string of the molecule is O=C(CN1CCN(C(=O)C2COc3ccccc3O2)CC1)Nc1cccc(Cl)c1. The van der Waals surface area contributed by atoms with Gasteiger partial charge in [-0.15, -0.1) is 0 Å². The predicted molar refractivity (Wildman–Crippen MR) is 109 cm³/mol. The van der Waals surface area contributed by atoms with Crippen LogP contribution >= 0.6 is 11.6 Å². The van der Waals surface area contributed by atoms with Gasteiger partial charge in [0, 0.05) is 36.9 Å². The van der Waals surface area contributed by atoms with Crippen LogP contribution in [0.5, 0.6) is 11.5 Å². The largest absolute Gasteiger partial charge is 0.485 e.